The van der Waals surface area contributed by atoms with Gasteiger partial charge in [-0.3, -0.25) is 4.79 Å². The van der Waals surface area contributed by atoms with Gasteiger partial charge in [-0.25, -0.2) is 0 Å². The van der Waals surface area contributed by atoms with E-state index in [4.69, 9.17) is 0 Å². The molecule has 1 aromatic carbocycles. The van der Waals surface area contributed by atoms with Gasteiger partial charge in [-0.2, -0.15) is 0 Å². The minimum Gasteiger partial charge on any atom is -0.350 e. The number of hydrogen-bond acceptors (Lipinski definition) is 1. The van der Waals surface area contributed by atoms with Crippen LogP contribution in [-0.4, -0.2) is 11.4 Å². The SMILES string of the molecule is Cc1ccc2c(c1)C1(CC2)CC(=O)NC1(C)C. The maximum atomic E-state index is 11.8. The largest absolute Gasteiger partial charge is 0.350 e. The molecule has 90 valence electrons. The van der Waals surface area contributed by atoms with Crippen LogP contribution in [0.1, 0.15) is 43.4 Å². The number of benzene rings is 1. The molecule has 1 aliphatic heterocycles. The third kappa shape index (κ3) is 1.30. The van der Waals surface area contributed by atoms with E-state index in [2.05, 4.69) is 44.3 Å². The molecule has 3 rings (SSSR count). The summed E-state index contributed by atoms with van der Waals surface area (Å²) in [7, 11) is 0. The first-order valence-electron chi connectivity index (χ1n) is 6.36. The Morgan fingerprint density at radius 2 is 2.06 bits per heavy atom. The number of carbonyl (C=O) groups excluding carboxylic acids is 1. The lowest BCUT2D eigenvalue weighted by atomic mass is 9.68. The van der Waals surface area contributed by atoms with E-state index in [0.717, 1.165) is 12.8 Å². The number of rotatable bonds is 0. The van der Waals surface area contributed by atoms with Crippen LogP contribution >= 0.6 is 0 Å². The van der Waals surface area contributed by atoms with Gasteiger partial charge in [0.15, 0.2) is 0 Å². The van der Waals surface area contributed by atoms with Gasteiger partial charge >= 0.3 is 0 Å². The van der Waals surface area contributed by atoms with Crippen molar-refractivity contribution in [1.82, 2.24) is 5.32 Å². The van der Waals surface area contributed by atoms with Gasteiger partial charge in [-0.1, -0.05) is 23.8 Å². The Kier molecular flexibility index (Phi) is 1.99. The third-order valence-electron chi connectivity index (χ3n) is 4.71. The first kappa shape index (κ1) is 10.8. The van der Waals surface area contributed by atoms with E-state index in [1.807, 2.05) is 0 Å². The van der Waals surface area contributed by atoms with Crippen LogP contribution in [0.4, 0.5) is 0 Å². The quantitative estimate of drug-likeness (QED) is 0.727. The molecule has 0 radical (unpaired) electrons. The minimum absolute atomic E-state index is 0.0193. The molecular formula is C15H19NO. The zero-order chi connectivity index (χ0) is 12.3. The van der Waals surface area contributed by atoms with Gasteiger partial charge in [-0.15, -0.1) is 0 Å². The standard InChI is InChI=1S/C15H19NO/c1-10-4-5-11-6-7-15(12(11)8-10)9-13(17)16-14(15,2)3/h4-5,8H,6-7,9H2,1-3H3,(H,16,17). The van der Waals surface area contributed by atoms with Crippen LogP contribution in [0.15, 0.2) is 18.2 Å². The van der Waals surface area contributed by atoms with Crippen LogP contribution in [0.2, 0.25) is 0 Å². The molecule has 1 N–H and O–H groups in total. The molecule has 1 heterocycles. The zero-order valence-corrected chi connectivity index (χ0v) is 10.8. The van der Waals surface area contributed by atoms with E-state index in [0.29, 0.717) is 6.42 Å². The van der Waals surface area contributed by atoms with Crippen molar-refractivity contribution in [3.63, 3.8) is 0 Å². The Bertz CT molecular complexity index is 504. The Hall–Kier alpha value is -1.31. The van der Waals surface area contributed by atoms with E-state index in [1.54, 1.807) is 0 Å². The predicted molar refractivity (Wildman–Crippen MR) is 68.0 cm³/mol. The molecule has 1 amide bonds. The highest BCUT2D eigenvalue weighted by molar-refractivity contribution is 5.83. The van der Waals surface area contributed by atoms with Crippen LogP contribution in [-0.2, 0) is 16.6 Å². The van der Waals surface area contributed by atoms with E-state index < -0.39 is 0 Å². The Morgan fingerprint density at radius 1 is 1.29 bits per heavy atom. The number of fused-ring (bicyclic) bond motifs is 2. The molecule has 0 saturated carbocycles. The molecule has 1 aromatic rings. The fourth-order valence-electron chi connectivity index (χ4n) is 3.68. The molecule has 2 nitrogen and oxygen atoms in total. The highest BCUT2D eigenvalue weighted by Gasteiger charge is 2.56. The van der Waals surface area contributed by atoms with Gasteiger partial charge in [0.2, 0.25) is 5.91 Å². The summed E-state index contributed by atoms with van der Waals surface area (Å²) >= 11 is 0. The Labute approximate surface area is 102 Å². The number of amides is 1. The van der Waals surface area contributed by atoms with E-state index in [-0.39, 0.29) is 16.9 Å². The van der Waals surface area contributed by atoms with Crippen LogP contribution in [0, 0.1) is 6.92 Å². The first-order chi connectivity index (χ1) is 7.95. The molecule has 17 heavy (non-hydrogen) atoms. The lowest BCUT2D eigenvalue weighted by molar-refractivity contribution is -0.119. The van der Waals surface area contributed by atoms with E-state index >= 15 is 0 Å². The Morgan fingerprint density at radius 3 is 2.71 bits per heavy atom. The fraction of sp³-hybridized carbons (Fsp3) is 0.533. The highest BCUT2D eigenvalue weighted by atomic mass is 16.2. The second-order valence-electron chi connectivity index (χ2n) is 6.09. The molecule has 1 atom stereocenters. The molecule has 0 aromatic heterocycles. The second-order valence-corrected chi connectivity index (χ2v) is 6.09. The smallest absolute Gasteiger partial charge is 0.221 e. The van der Waals surface area contributed by atoms with Crippen molar-refractivity contribution in [2.24, 2.45) is 0 Å². The summed E-state index contributed by atoms with van der Waals surface area (Å²) in [5.41, 5.74) is 4.02. The van der Waals surface area contributed by atoms with Crippen molar-refractivity contribution in [3.05, 3.63) is 34.9 Å². The number of nitrogens with one attached hydrogen (secondary N) is 1. The second kappa shape index (κ2) is 3.12. The number of hydrogen-bond donors (Lipinski definition) is 1. The van der Waals surface area contributed by atoms with Gasteiger partial charge in [0.25, 0.3) is 0 Å². The normalized spacial score (nSPS) is 29.5. The molecule has 1 unspecified atom stereocenters. The van der Waals surface area contributed by atoms with Gasteiger partial charge in [0.1, 0.15) is 0 Å². The van der Waals surface area contributed by atoms with Gasteiger partial charge in [-0.05, 0) is 44.7 Å². The Balaban J connectivity index is 2.19. The molecule has 1 saturated heterocycles. The summed E-state index contributed by atoms with van der Waals surface area (Å²) in [6, 6.07) is 6.69. The zero-order valence-electron chi connectivity index (χ0n) is 10.8. The van der Waals surface area contributed by atoms with Crippen molar-refractivity contribution in [1.29, 1.82) is 0 Å². The average Bonchev–Trinajstić information content (AvgIpc) is 2.68. The molecule has 1 aliphatic carbocycles. The van der Waals surface area contributed by atoms with Crippen molar-refractivity contribution in [2.45, 2.75) is 51.0 Å². The number of carbonyl (C=O) groups is 1. The molecule has 2 aliphatic rings. The molecule has 1 spiro atoms. The van der Waals surface area contributed by atoms with Crippen molar-refractivity contribution >= 4 is 5.91 Å². The topological polar surface area (TPSA) is 29.1 Å². The first-order valence-corrected chi connectivity index (χ1v) is 6.36. The van der Waals surface area contributed by atoms with Crippen LogP contribution in [0.25, 0.3) is 0 Å². The number of aryl methyl sites for hydroxylation is 2. The van der Waals surface area contributed by atoms with Crippen molar-refractivity contribution in [2.75, 3.05) is 0 Å². The predicted octanol–water partition coefficient (Wildman–Crippen LogP) is 2.48. The summed E-state index contributed by atoms with van der Waals surface area (Å²) in [5, 5.41) is 3.15. The maximum absolute atomic E-state index is 11.8. The lowest BCUT2D eigenvalue weighted by Crippen LogP contribution is -2.48. The highest BCUT2D eigenvalue weighted by Crippen LogP contribution is 2.51. The van der Waals surface area contributed by atoms with Gasteiger partial charge in [0, 0.05) is 17.4 Å². The molecule has 1 fully saturated rings. The summed E-state index contributed by atoms with van der Waals surface area (Å²) in [4.78, 5) is 11.8. The monoisotopic (exact) mass is 229 g/mol. The average molecular weight is 229 g/mol. The molecular weight excluding hydrogens is 210 g/mol. The van der Waals surface area contributed by atoms with Gasteiger partial charge < -0.3 is 5.32 Å². The third-order valence-corrected chi connectivity index (χ3v) is 4.71. The summed E-state index contributed by atoms with van der Waals surface area (Å²) < 4.78 is 0. The minimum atomic E-state index is -0.122. The summed E-state index contributed by atoms with van der Waals surface area (Å²) in [5.74, 6) is 0.198. The lowest BCUT2D eigenvalue weighted by Gasteiger charge is -2.38. The summed E-state index contributed by atoms with van der Waals surface area (Å²) in [6.07, 6.45) is 2.85. The van der Waals surface area contributed by atoms with Crippen LogP contribution in [0.3, 0.4) is 0 Å². The van der Waals surface area contributed by atoms with E-state index in [1.165, 1.54) is 16.7 Å². The van der Waals surface area contributed by atoms with E-state index in [9.17, 15) is 4.79 Å². The van der Waals surface area contributed by atoms with Crippen LogP contribution < -0.4 is 5.32 Å². The van der Waals surface area contributed by atoms with Crippen LogP contribution in [0.5, 0.6) is 0 Å². The fourth-order valence-corrected chi connectivity index (χ4v) is 3.68. The molecule has 2 heteroatoms. The van der Waals surface area contributed by atoms with Gasteiger partial charge in [0.05, 0.1) is 0 Å². The summed E-state index contributed by atoms with van der Waals surface area (Å²) in [6.45, 7) is 6.45. The van der Waals surface area contributed by atoms with Crippen molar-refractivity contribution < 1.29 is 4.79 Å². The van der Waals surface area contributed by atoms with Crippen molar-refractivity contribution in [3.8, 4) is 0 Å². The molecule has 0 bridgehead atoms. The maximum Gasteiger partial charge on any atom is 0.221 e.